The van der Waals surface area contributed by atoms with Crippen molar-refractivity contribution in [1.82, 2.24) is 9.88 Å². The maximum absolute atomic E-state index is 12.4. The molecule has 1 aliphatic heterocycles. The molecule has 0 spiro atoms. The third-order valence-corrected chi connectivity index (χ3v) is 4.33. The number of hydrogen-bond donors (Lipinski definition) is 0. The van der Waals surface area contributed by atoms with Gasteiger partial charge in [-0.2, -0.15) is 0 Å². The summed E-state index contributed by atoms with van der Waals surface area (Å²) in [5.41, 5.74) is 0.773. The quantitative estimate of drug-likeness (QED) is 0.851. The summed E-state index contributed by atoms with van der Waals surface area (Å²) in [6, 6.07) is 9.51. The van der Waals surface area contributed by atoms with E-state index in [1.54, 1.807) is 11.3 Å². The zero-order valence-corrected chi connectivity index (χ0v) is 12.1. The molecule has 20 heavy (non-hydrogen) atoms. The molecule has 1 aliphatic rings. The number of nitrogens with zero attached hydrogens (tertiary/aromatic N) is 3. The van der Waals surface area contributed by atoms with Gasteiger partial charge in [-0.1, -0.05) is 18.2 Å². The molecule has 2 heterocycles. The first-order valence-corrected chi connectivity index (χ1v) is 7.71. The minimum atomic E-state index is 0.131. The molecule has 0 aliphatic carbocycles. The summed E-state index contributed by atoms with van der Waals surface area (Å²) in [5, 5.41) is 3.05. The zero-order chi connectivity index (χ0) is 13.8. The monoisotopic (exact) mass is 287 g/mol. The lowest BCUT2D eigenvalue weighted by atomic mass is 10.2. The Balaban J connectivity index is 1.67. The first-order chi connectivity index (χ1) is 9.84. The molecule has 0 atom stereocenters. The predicted molar refractivity (Wildman–Crippen MR) is 81.3 cm³/mol. The molecule has 0 unspecified atom stereocenters. The molecule has 1 aromatic heterocycles. The number of carbonyl (C=O) groups excluding carboxylic acids is 1. The number of thiazole rings is 1. The van der Waals surface area contributed by atoms with Gasteiger partial charge in [0.2, 0.25) is 0 Å². The molecule has 0 radical (unpaired) electrons. The molecule has 1 saturated heterocycles. The smallest absolute Gasteiger partial charge is 0.253 e. The maximum atomic E-state index is 12.4. The highest BCUT2D eigenvalue weighted by atomic mass is 32.1. The van der Waals surface area contributed by atoms with Gasteiger partial charge in [0.15, 0.2) is 5.13 Å². The van der Waals surface area contributed by atoms with Gasteiger partial charge < -0.3 is 9.80 Å². The fraction of sp³-hybridized carbons (Fsp3) is 0.333. The van der Waals surface area contributed by atoms with Gasteiger partial charge in [-0.15, -0.1) is 11.3 Å². The van der Waals surface area contributed by atoms with Crippen LogP contribution in [-0.2, 0) is 0 Å². The molecular weight excluding hydrogens is 270 g/mol. The van der Waals surface area contributed by atoms with E-state index in [0.29, 0.717) is 0 Å². The Kier molecular flexibility index (Phi) is 3.97. The van der Waals surface area contributed by atoms with Crippen LogP contribution in [0.2, 0.25) is 0 Å². The first-order valence-electron chi connectivity index (χ1n) is 6.83. The second-order valence-electron chi connectivity index (χ2n) is 4.81. The van der Waals surface area contributed by atoms with E-state index in [9.17, 15) is 4.79 Å². The summed E-state index contributed by atoms with van der Waals surface area (Å²) in [4.78, 5) is 21.0. The summed E-state index contributed by atoms with van der Waals surface area (Å²) < 4.78 is 0. The average Bonchev–Trinajstić information content (AvgIpc) is 2.92. The molecule has 3 rings (SSSR count). The van der Waals surface area contributed by atoms with Crippen molar-refractivity contribution in [1.29, 1.82) is 0 Å². The Morgan fingerprint density at radius 1 is 1.10 bits per heavy atom. The van der Waals surface area contributed by atoms with Crippen molar-refractivity contribution in [2.75, 3.05) is 31.1 Å². The van der Waals surface area contributed by atoms with Crippen LogP contribution in [-0.4, -0.2) is 42.0 Å². The van der Waals surface area contributed by atoms with E-state index >= 15 is 0 Å². The Labute approximate surface area is 122 Å². The van der Waals surface area contributed by atoms with Crippen LogP contribution in [0.4, 0.5) is 5.13 Å². The van der Waals surface area contributed by atoms with Crippen LogP contribution in [0.15, 0.2) is 41.9 Å². The third kappa shape index (κ3) is 2.82. The van der Waals surface area contributed by atoms with Gasteiger partial charge in [0, 0.05) is 43.3 Å². The lowest BCUT2D eigenvalue weighted by Crippen LogP contribution is -2.35. The van der Waals surface area contributed by atoms with Crippen LogP contribution in [0.1, 0.15) is 16.8 Å². The molecular formula is C15H17N3OS. The number of hydrogen-bond acceptors (Lipinski definition) is 4. The van der Waals surface area contributed by atoms with Gasteiger partial charge in [-0.25, -0.2) is 4.98 Å². The summed E-state index contributed by atoms with van der Waals surface area (Å²) in [7, 11) is 0. The summed E-state index contributed by atoms with van der Waals surface area (Å²) in [6.07, 6.45) is 2.82. The van der Waals surface area contributed by atoms with Crippen molar-refractivity contribution in [2.24, 2.45) is 0 Å². The SMILES string of the molecule is O=C(c1ccccc1)N1CCCN(c2nccs2)CC1. The molecule has 104 valence electrons. The molecule has 1 aromatic carbocycles. The Morgan fingerprint density at radius 2 is 1.95 bits per heavy atom. The first kappa shape index (κ1) is 13.1. The van der Waals surface area contributed by atoms with E-state index in [0.717, 1.165) is 43.3 Å². The van der Waals surface area contributed by atoms with Crippen molar-refractivity contribution in [3.05, 3.63) is 47.5 Å². The van der Waals surface area contributed by atoms with Crippen molar-refractivity contribution in [2.45, 2.75) is 6.42 Å². The molecule has 5 heteroatoms. The Bertz CT molecular complexity index is 556. The standard InChI is InChI=1S/C15H17N3OS/c19-14(13-5-2-1-3-6-13)17-8-4-9-18(11-10-17)15-16-7-12-20-15/h1-3,5-7,12H,4,8-11H2. The average molecular weight is 287 g/mol. The zero-order valence-electron chi connectivity index (χ0n) is 11.2. The van der Waals surface area contributed by atoms with Crippen molar-refractivity contribution in [3.63, 3.8) is 0 Å². The van der Waals surface area contributed by atoms with Gasteiger partial charge in [0.05, 0.1) is 0 Å². The van der Waals surface area contributed by atoms with Crippen LogP contribution in [0.3, 0.4) is 0 Å². The third-order valence-electron chi connectivity index (χ3n) is 3.49. The Morgan fingerprint density at radius 3 is 2.70 bits per heavy atom. The van der Waals surface area contributed by atoms with E-state index in [1.165, 1.54) is 0 Å². The van der Waals surface area contributed by atoms with E-state index in [1.807, 2.05) is 46.8 Å². The minimum absolute atomic E-state index is 0.131. The number of amides is 1. The van der Waals surface area contributed by atoms with Gasteiger partial charge in [0.1, 0.15) is 0 Å². The molecule has 0 saturated carbocycles. The number of rotatable bonds is 2. The molecule has 0 N–H and O–H groups in total. The van der Waals surface area contributed by atoms with Gasteiger partial charge >= 0.3 is 0 Å². The molecule has 1 amide bonds. The summed E-state index contributed by atoms with van der Waals surface area (Å²) >= 11 is 1.66. The van der Waals surface area contributed by atoms with Crippen LogP contribution in [0, 0.1) is 0 Å². The molecule has 4 nitrogen and oxygen atoms in total. The van der Waals surface area contributed by atoms with Crippen LogP contribution < -0.4 is 4.90 Å². The van der Waals surface area contributed by atoms with Crippen LogP contribution >= 0.6 is 11.3 Å². The van der Waals surface area contributed by atoms with Crippen molar-refractivity contribution >= 4 is 22.4 Å². The lowest BCUT2D eigenvalue weighted by molar-refractivity contribution is 0.0767. The number of benzene rings is 1. The summed E-state index contributed by atoms with van der Waals surface area (Å²) in [5.74, 6) is 0.131. The molecule has 0 bridgehead atoms. The molecule has 2 aromatic rings. The van der Waals surface area contributed by atoms with E-state index < -0.39 is 0 Å². The number of anilines is 1. The van der Waals surface area contributed by atoms with Gasteiger partial charge in [0.25, 0.3) is 5.91 Å². The normalized spacial score (nSPS) is 16.0. The van der Waals surface area contributed by atoms with Crippen LogP contribution in [0.5, 0.6) is 0 Å². The minimum Gasteiger partial charge on any atom is -0.346 e. The fourth-order valence-corrected chi connectivity index (χ4v) is 3.14. The van der Waals surface area contributed by atoms with Crippen molar-refractivity contribution < 1.29 is 4.79 Å². The molecule has 1 fully saturated rings. The highest BCUT2D eigenvalue weighted by Crippen LogP contribution is 2.19. The maximum Gasteiger partial charge on any atom is 0.253 e. The van der Waals surface area contributed by atoms with Crippen LogP contribution in [0.25, 0.3) is 0 Å². The van der Waals surface area contributed by atoms with Gasteiger partial charge in [-0.3, -0.25) is 4.79 Å². The Hall–Kier alpha value is -1.88. The highest BCUT2D eigenvalue weighted by Gasteiger charge is 2.20. The van der Waals surface area contributed by atoms with E-state index in [4.69, 9.17) is 0 Å². The fourth-order valence-electron chi connectivity index (χ4n) is 2.45. The largest absolute Gasteiger partial charge is 0.346 e. The lowest BCUT2D eigenvalue weighted by Gasteiger charge is -2.21. The van der Waals surface area contributed by atoms with Crippen molar-refractivity contribution in [3.8, 4) is 0 Å². The summed E-state index contributed by atoms with van der Waals surface area (Å²) in [6.45, 7) is 3.39. The number of aromatic nitrogens is 1. The van der Waals surface area contributed by atoms with Gasteiger partial charge in [-0.05, 0) is 18.6 Å². The number of carbonyl (C=O) groups is 1. The van der Waals surface area contributed by atoms with E-state index in [-0.39, 0.29) is 5.91 Å². The second kappa shape index (κ2) is 6.05. The second-order valence-corrected chi connectivity index (χ2v) is 5.69. The highest BCUT2D eigenvalue weighted by molar-refractivity contribution is 7.13. The van der Waals surface area contributed by atoms with E-state index in [2.05, 4.69) is 9.88 Å². The topological polar surface area (TPSA) is 36.4 Å². The predicted octanol–water partition coefficient (Wildman–Crippen LogP) is 2.50.